The van der Waals surface area contributed by atoms with Crippen molar-refractivity contribution in [2.75, 3.05) is 0 Å². The lowest BCUT2D eigenvalue weighted by Gasteiger charge is -2.15. The molecule has 0 aliphatic rings. The molecule has 178 valence electrons. The van der Waals surface area contributed by atoms with E-state index >= 15 is 0 Å². The fourth-order valence-corrected chi connectivity index (χ4v) is 3.67. The smallest absolute Gasteiger partial charge is 0.295 e. The van der Waals surface area contributed by atoms with Crippen molar-refractivity contribution in [1.29, 1.82) is 0 Å². The Labute approximate surface area is 201 Å². The Morgan fingerprint density at radius 3 is 2.54 bits per heavy atom. The third-order valence-electron chi connectivity index (χ3n) is 5.57. The van der Waals surface area contributed by atoms with Crippen molar-refractivity contribution in [3.05, 3.63) is 93.0 Å². The second-order valence-electron chi connectivity index (χ2n) is 8.50. The minimum absolute atomic E-state index is 0.0406. The Hall–Kier alpha value is -4.53. The molecule has 0 saturated carbocycles. The highest BCUT2D eigenvalue weighted by molar-refractivity contribution is 5.97. The average molecular weight is 473 g/mol. The number of aromatic amines is 1. The van der Waals surface area contributed by atoms with Gasteiger partial charge in [0.05, 0.1) is 10.4 Å². The first-order valence-corrected chi connectivity index (χ1v) is 11.0. The summed E-state index contributed by atoms with van der Waals surface area (Å²) >= 11 is 0. The van der Waals surface area contributed by atoms with Crippen molar-refractivity contribution in [3.8, 4) is 11.6 Å². The highest BCUT2D eigenvalue weighted by Gasteiger charge is 2.16. The van der Waals surface area contributed by atoms with Crippen LogP contribution >= 0.6 is 0 Å². The van der Waals surface area contributed by atoms with Gasteiger partial charge in [-0.1, -0.05) is 38.1 Å². The number of nitro groups is 1. The molecule has 0 radical (unpaired) electrons. The quantitative estimate of drug-likeness (QED) is 0.175. The molecule has 35 heavy (non-hydrogen) atoms. The fraction of sp³-hybridized carbons (Fsp3) is 0.192. The summed E-state index contributed by atoms with van der Waals surface area (Å²) < 4.78 is 6.04. The molecule has 1 aromatic heterocycles. The zero-order valence-corrected chi connectivity index (χ0v) is 19.5. The van der Waals surface area contributed by atoms with E-state index < -0.39 is 10.8 Å². The number of carbonyl (C=O) groups is 1. The first-order chi connectivity index (χ1) is 16.7. The van der Waals surface area contributed by atoms with Crippen LogP contribution in [0.1, 0.15) is 46.8 Å². The van der Waals surface area contributed by atoms with Crippen LogP contribution in [0.4, 0.5) is 11.4 Å². The van der Waals surface area contributed by atoms with Crippen LogP contribution < -0.4 is 4.74 Å². The lowest BCUT2D eigenvalue weighted by atomic mass is 10.0. The molecule has 0 aliphatic carbocycles. The van der Waals surface area contributed by atoms with Gasteiger partial charge in [-0.25, -0.2) is 0 Å². The summed E-state index contributed by atoms with van der Waals surface area (Å²) in [5, 5.41) is 29.0. The third-order valence-corrected chi connectivity index (χ3v) is 5.57. The molecular formula is C26H24N4O5. The molecule has 1 amide bonds. The molecule has 4 rings (SSSR count). The Balaban J connectivity index is 1.47. The molecule has 1 heterocycles. The summed E-state index contributed by atoms with van der Waals surface area (Å²) in [4.78, 5) is 25.7. The number of non-ortho nitro benzene ring substituents is 1. The fourth-order valence-electron chi connectivity index (χ4n) is 3.67. The molecule has 0 fully saturated rings. The van der Waals surface area contributed by atoms with E-state index in [0.717, 1.165) is 22.4 Å². The van der Waals surface area contributed by atoms with Gasteiger partial charge in [-0.3, -0.25) is 14.9 Å². The standard InChI is InChI=1S/C26H24N4O5/c1-15(2)20-10-4-16(3)12-23(20)35-14-17-5-7-18(8-6-17)25(31)29-28-24-21-13-19(30(33)34)9-11-22(21)27-26(24)32/h4-13,15,27,32H,14H2,1-3H3. The largest absolute Gasteiger partial charge is 0.493 e. The van der Waals surface area contributed by atoms with E-state index in [4.69, 9.17) is 4.74 Å². The molecule has 0 unspecified atom stereocenters. The summed E-state index contributed by atoms with van der Waals surface area (Å²) in [5.74, 6) is 0.227. The number of benzene rings is 3. The van der Waals surface area contributed by atoms with E-state index in [1.165, 1.54) is 18.2 Å². The number of nitro benzene ring substituents is 1. The molecule has 0 spiro atoms. The van der Waals surface area contributed by atoms with Crippen molar-refractivity contribution < 1.29 is 19.6 Å². The highest BCUT2D eigenvalue weighted by atomic mass is 16.6. The topological polar surface area (TPSA) is 130 Å². The first kappa shape index (κ1) is 23.6. The van der Waals surface area contributed by atoms with E-state index in [-0.39, 0.29) is 22.6 Å². The molecular weight excluding hydrogens is 448 g/mol. The number of azo groups is 1. The van der Waals surface area contributed by atoms with Crippen LogP contribution in [0.25, 0.3) is 10.9 Å². The number of H-pyrrole nitrogens is 1. The highest BCUT2D eigenvalue weighted by Crippen LogP contribution is 2.37. The normalized spacial score (nSPS) is 11.4. The molecule has 0 bridgehead atoms. The number of rotatable bonds is 7. The Morgan fingerprint density at radius 2 is 1.86 bits per heavy atom. The number of hydrogen-bond acceptors (Lipinski definition) is 6. The van der Waals surface area contributed by atoms with Gasteiger partial charge in [-0.2, -0.15) is 0 Å². The zero-order valence-electron chi connectivity index (χ0n) is 19.5. The SMILES string of the molecule is Cc1ccc(C(C)C)c(OCc2ccc(C(=O)N=Nc3c(O)[nH]c4ccc([N+](=O)[O-])cc34)cc2)c1. The number of carbonyl (C=O) groups excluding carboxylic acids is 1. The van der Waals surface area contributed by atoms with Gasteiger partial charge in [-0.05, 0) is 53.8 Å². The van der Waals surface area contributed by atoms with Crippen LogP contribution in [-0.4, -0.2) is 20.9 Å². The monoisotopic (exact) mass is 472 g/mol. The Bertz CT molecular complexity index is 1440. The summed E-state index contributed by atoms with van der Waals surface area (Å²) in [7, 11) is 0. The Kier molecular flexibility index (Phi) is 6.59. The number of aromatic hydroxyl groups is 1. The summed E-state index contributed by atoms with van der Waals surface area (Å²) in [6, 6.07) is 17.0. The third kappa shape index (κ3) is 5.19. The maximum atomic E-state index is 12.5. The van der Waals surface area contributed by atoms with E-state index in [1.54, 1.807) is 24.3 Å². The molecule has 0 aliphatic heterocycles. The van der Waals surface area contributed by atoms with Crippen LogP contribution in [-0.2, 0) is 6.61 Å². The number of ether oxygens (including phenoxy) is 1. The molecule has 0 atom stereocenters. The molecule has 9 nitrogen and oxygen atoms in total. The lowest BCUT2D eigenvalue weighted by Crippen LogP contribution is -2.01. The van der Waals surface area contributed by atoms with Gasteiger partial charge in [0, 0.05) is 23.1 Å². The van der Waals surface area contributed by atoms with Crippen molar-refractivity contribution >= 4 is 28.2 Å². The number of hydrogen-bond donors (Lipinski definition) is 2. The second kappa shape index (κ2) is 9.76. The predicted octanol–water partition coefficient (Wildman–Crippen LogP) is 6.72. The summed E-state index contributed by atoms with van der Waals surface area (Å²) in [5.41, 5.74) is 3.68. The van der Waals surface area contributed by atoms with Crippen molar-refractivity contribution in [3.63, 3.8) is 0 Å². The van der Waals surface area contributed by atoms with Crippen molar-refractivity contribution in [2.45, 2.75) is 33.3 Å². The number of aromatic nitrogens is 1. The van der Waals surface area contributed by atoms with Crippen LogP contribution in [0.2, 0.25) is 0 Å². The lowest BCUT2D eigenvalue weighted by molar-refractivity contribution is -0.384. The van der Waals surface area contributed by atoms with Crippen molar-refractivity contribution in [2.24, 2.45) is 10.2 Å². The number of fused-ring (bicyclic) bond motifs is 1. The molecule has 0 saturated heterocycles. The first-order valence-electron chi connectivity index (χ1n) is 11.0. The van der Waals surface area contributed by atoms with E-state index in [0.29, 0.717) is 23.6 Å². The van der Waals surface area contributed by atoms with Gasteiger partial charge in [0.25, 0.3) is 11.6 Å². The van der Waals surface area contributed by atoms with E-state index in [1.807, 2.05) is 13.0 Å². The van der Waals surface area contributed by atoms with E-state index in [2.05, 4.69) is 41.2 Å². The van der Waals surface area contributed by atoms with Crippen molar-refractivity contribution in [1.82, 2.24) is 4.98 Å². The molecule has 4 aromatic rings. The minimum atomic E-state index is -0.613. The molecule has 9 heteroatoms. The van der Waals surface area contributed by atoms with E-state index in [9.17, 15) is 20.0 Å². The molecule has 3 aromatic carbocycles. The maximum Gasteiger partial charge on any atom is 0.295 e. The molecule has 2 N–H and O–H groups in total. The van der Waals surface area contributed by atoms with Gasteiger partial charge >= 0.3 is 0 Å². The summed E-state index contributed by atoms with van der Waals surface area (Å²) in [6.45, 7) is 6.60. The van der Waals surface area contributed by atoms with Gasteiger partial charge in [0.1, 0.15) is 12.4 Å². The maximum absolute atomic E-state index is 12.5. The van der Waals surface area contributed by atoms with Crippen LogP contribution in [0.5, 0.6) is 11.6 Å². The van der Waals surface area contributed by atoms with Crippen LogP contribution in [0.15, 0.2) is 70.9 Å². The predicted molar refractivity (Wildman–Crippen MR) is 132 cm³/mol. The van der Waals surface area contributed by atoms with Crippen LogP contribution in [0.3, 0.4) is 0 Å². The number of aryl methyl sites for hydroxylation is 1. The number of nitrogens with one attached hydrogen (secondary N) is 1. The summed E-state index contributed by atoms with van der Waals surface area (Å²) in [6.07, 6.45) is 0. The van der Waals surface area contributed by atoms with Gasteiger partial charge in [0.15, 0.2) is 5.69 Å². The number of nitrogens with zero attached hydrogens (tertiary/aromatic N) is 3. The minimum Gasteiger partial charge on any atom is -0.493 e. The zero-order chi connectivity index (χ0) is 25.1. The van der Waals surface area contributed by atoms with Gasteiger partial charge < -0.3 is 14.8 Å². The van der Waals surface area contributed by atoms with Gasteiger partial charge in [0.2, 0.25) is 5.88 Å². The Morgan fingerprint density at radius 1 is 1.11 bits per heavy atom. The van der Waals surface area contributed by atoms with Gasteiger partial charge in [-0.15, -0.1) is 10.2 Å². The van der Waals surface area contributed by atoms with Crippen LogP contribution in [0, 0.1) is 17.0 Å². The number of amides is 1. The second-order valence-corrected chi connectivity index (χ2v) is 8.50. The average Bonchev–Trinajstić information content (AvgIpc) is 3.15.